The molecule has 1 aromatic carbocycles. The SMILES string of the molecule is COc1ccc(C(N)Cc2cccc(OC)c2F)nn1. The summed E-state index contributed by atoms with van der Waals surface area (Å²) in [5.41, 5.74) is 7.09. The van der Waals surface area contributed by atoms with Crippen LogP contribution in [0.5, 0.6) is 11.6 Å². The highest BCUT2D eigenvalue weighted by molar-refractivity contribution is 5.32. The van der Waals surface area contributed by atoms with E-state index in [0.717, 1.165) is 0 Å². The first-order valence-electron chi connectivity index (χ1n) is 6.10. The fraction of sp³-hybridized carbons (Fsp3) is 0.286. The van der Waals surface area contributed by atoms with Crippen LogP contribution in [0.15, 0.2) is 30.3 Å². The van der Waals surface area contributed by atoms with Gasteiger partial charge in [0.25, 0.3) is 0 Å². The number of nitrogens with two attached hydrogens (primary N) is 1. The van der Waals surface area contributed by atoms with Crippen LogP contribution in [0, 0.1) is 5.82 Å². The van der Waals surface area contributed by atoms with Crippen molar-refractivity contribution in [3.05, 3.63) is 47.4 Å². The molecule has 1 aromatic heterocycles. The van der Waals surface area contributed by atoms with Gasteiger partial charge in [0.2, 0.25) is 5.88 Å². The van der Waals surface area contributed by atoms with Gasteiger partial charge in [0.05, 0.1) is 26.0 Å². The Balaban J connectivity index is 2.16. The Hall–Kier alpha value is -2.21. The molecule has 0 saturated heterocycles. The minimum absolute atomic E-state index is 0.204. The highest BCUT2D eigenvalue weighted by Gasteiger charge is 2.14. The van der Waals surface area contributed by atoms with Gasteiger partial charge < -0.3 is 15.2 Å². The predicted molar refractivity (Wildman–Crippen MR) is 72.2 cm³/mol. The van der Waals surface area contributed by atoms with E-state index in [0.29, 0.717) is 23.6 Å². The minimum Gasteiger partial charge on any atom is -0.494 e. The number of nitrogens with zero attached hydrogens (tertiary/aromatic N) is 2. The molecule has 0 spiro atoms. The largest absolute Gasteiger partial charge is 0.494 e. The lowest BCUT2D eigenvalue weighted by atomic mass is 10.0. The maximum atomic E-state index is 14.0. The Morgan fingerprint density at radius 3 is 2.55 bits per heavy atom. The summed E-state index contributed by atoms with van der Waals surface area (Å²) >= 11 is 0. The van der Waals surface area contributed by atoms with E-state index >= 15 is 0 Å². The molecule has 0 aliphatic carbocycles. The molecule has 20 heavy (non-hydrogen) atoms. The maximum Gasteiger partial charge on any atom is 0.233 e. The van der Waals surface area contributed by atoms with Gasteiger partial charge in [-0.05, 0) is 24.1 Å². The molecular formula is C14H16FN3O2. The van der Waals surface area contributed by atoms with Gasteiger partial charge in [-0.1, -0.05) is 12.1 Å². The lowest BCUT2D eigenvalue weighted by Crippen LogP contribution is -2.16. The van der Waals surface area contributed by atoms with Crippen molar-refractivity contribution in [2.45, 2.75) is 12.5 Å². The first-order chi connectivity index (χ1) is 9.65. The molecule has 0 aliphatic heterocycles. The van der Waals surface area contributed by atoms with E-state index < -0.39 is 11.9 Å². The van der Waals surface area contributed by atoms with E-state index in [9.17, 15) is 4.39 Å². The Morgan fingerprint density at radius 1 is 1.15 bits per heavy atom. The van der Waals surface area contributed by atoms with Gasteiger partial charge in [-0.15, -0.1) is 5.10 Å². The second-order valence-corrected chi connectivity index (χ2v) is 4.24. The average Bonchev–Trinajstić information content (AvgIpc) is 2.49. The number of benzene rings is 1. The van der Waals surface area contributed by atoms with Gasteiger partial charge in [-0.2, -0.15) is 5.10 Å². The molecule has 0 aliphatic rings. The molecule has 1 atom stereocenters. The maximum absolute atomic E-state index is 14.0. The topological polar surface area (TPSA) is 70.3 Å². The molecule has 6 heteroatoms. The molecular weight excluding hydrogens is 261 g/mol. The third-order valence-corrected chi connectivity index (χ3v) is 2.95. The average molecular weight is 277 g/mol. The number of aromatic nitrogens is 2. The number of ether oxygens (including phenoxy) is 2. The van der Waals surface area contributed by atoms with Crippen molar-refractivity contribution in [3.63, 3.8) is 0 Å². The van der Waals surface area contributed by atoms with E-state index in [-0.39, 0.29) is 5.75 Å². The van der Waals surface area contributed by atoms with Gasteiger partial charge in [0.15, 0.2) is 11.6 Å². The monoisotopic (exact) mass is 277 g/mol. The smallest absolute Gasteiger partial charge is 0.233 e. The molecule has 2 N–H and O–H groups in total. The summed E-state index contributed by atoms with van der Waals surface area (Å²) in [7, 11) is 2.94. The van der Waals surface area contributed by atoms with Crippen LogP contribution in [0.2, 0.25) is 0 Å². The van der Waals surface area contributed by atoms with E-state index in [2.05, 4.69) is 10.2 Å². The molecule has 0 fully saturated rings. The number of methoxy groups -OCH3 is 2. The molecule has 1 heterocycles. The normalized spacial score (nSPS) is 12.0. The second kappa shape index (κ2) is 6.29. The summed E-state index contributed by atoms with van der Waals surface area (Å²) in [6.45, 7) is 0. The van der Waals surface area contributed by atoms with Gasteiger partial charge in [-0.3, -0.25) is 0 Å². The Labute approximate surface area is 116 Å². The summed E-state index contributed by atoms with van der Waals surface area (Å²) in [6.07, 6.45) is 0.310. The summed E-state index contributed by atoms with van der Waals surface area (Å²) in [6, 6.07) is 7.91. The molecule has 2 rings (SSSR count). The van der Waals surface area contributed by atoms with Crippen molar-refractivity contribution in [3.8, 4) is 11.6 Å². The van der Waals surface area contributed by atoms with Gasteiger partial charge in [0.1, 0.15) is 0 Å². The van der Waals surface area contributed by atoms with Crippen LogP contribution in [0.3, 0.4) is 0 Å². The molecule has 106 valence electrons. The quantitative estimate of drug-likeness (QED) is 0.903. The molecule has 0 amide bonds. The lowest BCUT2D eigenvalue weighted by Gasteiger charge is -2.12. The third-order valence-electron chi connectivity index (χ3n) is 2.95. The van der Waals surface area contributed by atoms with Crippen molar-refractivity contribution in [1.29, 1.82) is 0 Å². The first kappa shape index (κ1) is 14.2. The zero-order chi connectivity index (χ0) is 14.5. The zero-order valence-electron chi connectivity index (χ0n) is 11.3. The fourth-order valence-corrected chi connectivity index (χ4v) is 1.85. The van der Waals surface area contributed by atoms with Crippen molar-refractivity contribution in [1.82, 2.24) is 10.2 Å². The predicted octanol–water partition coefficient (Wildman–Crippen LogP) is 1.88. The lowest BCUT2D eigenvalue weighted by molar-refractivity contribution is 0.383. The highest BCUT2D eigenvalue weighted by Crippen LogP contribution is 2.23. The number of hydrogen-bond donors (Lipinski definition) is 1. The Kier molecular flexibility index (Phi) is 4.47. The highest BCUT2D eigenvalue weighted by atomic mass is 19.1. The molecule has 2 aromatic rings. The van der Waals surface area contributed by atoms with E-state index in [1.54, 1.807) is 30.3 Å². The van der Waals surface area contributed by atoms with Crippen molar-refractivity contribution < 1.29 is 13.9 Å². The number of halogens is 1. The third kappa shape index (κ3) is 3.03. The van der Waals surface area contributed by atoms with Crippen LogP contribution in [-0.4, -0.2) is 24.4 Å². The Morgan fingerprint density at radius 2 is 1.95 bits per heavy atom. The van der Waals surface area contributed by atoms with Gasteiger partial charge in [0, 0.05) is 6.07 Å². The van der Waals surface area contributed by atoms with Crippen LogP contribution in [-0.2, 0) is 6.42 Å². The van der Waals surface area contributed by atoms with Crippen LogP contribution < -0.4 is 15.2 Å². The molecule has 0 saturated carbocycles. The van der Waals surface area contributed by atoms with Crippen LogP contribution in [0.1, 0.15) is 17.3 Å². The van der Waals surface area contributed by atoms with Crippen LogP contribution in [0.4, 0.5) is 4.39 Å². The van der Waals surface area contributed by atoms with Gasteiger partial charge >= 0.3 is 0 Å². The first-order valence-corrected chi connectivity index (χ1v) is 6.10. The van der Waals surface area contributed by atoms with E-state index in [4.69, 9.17) is 15.2 Å². The van der Waals surface area contributed by atoms with E-state index in [1.807, 2.05) is 0 Å². The number of rotatable bonds is 5. The van der Waals surface area contributed by atoms with Crippen molar-refractivity contribution in [2.75, 3.05) is 14.2 Å². The van der Waals surface area contributed by atoms with Crippen molar-refractivity contribution >= 4 is 0 Å². The number of hydrogen-bond acceptors (Lipinski definition) is 5. The molecule has 0 radical (unpaired) electrons. The minimum atomic E-state index is -0.449. The summed E-state index contributed by atoms with van der Waals surface area (Å²) in [5.74, 6) is 0.218. The van der Waals surface area contributed by atoms with Crippen molar-refractivity contribution in [2.24, 2.45) is 5.73 Å². The summed E-state index contributed by atoms with van der Waals surface area (Å²) in [5, 5.41) is 7.81. The van der Waals surface area contributed by atoms with Crippen LogP contribution in [0.25, 0.3) is 0 Å². The summed E-state index contributed by atoms with van der Waals surface area (Å²) in [4.78, 5) is 0. The second-order valence-electron chi connectivity index (χ2n) is 4.24. The molecule has 1 unspecified atom stereocenters. The molecule has 5 nitrogen and oxygen atoms in total. The molecule has 0 bridgehead atoms. The Bertz CT molecular complexity index is 575. The standard InChI is InChI=1S/C14H16FN3O2/c1-19-12-5-3-4-9(14(12)15)8-10(16)11-6-7-13(20-2)18-17-11/h3-7,10H,8,16H2,1-2H3. The summed E-state index contributed by atoms with van der Waals surface area (Å²) < 4.78 is 23.9. The fourth-order valence-electron chi connectivity index (χ4n) is 1.85. The zero-order valence-corrected chi connectivity index (χ0v) is 11.3. The van der Waals surface area contributed by atoms with Gasteiger partial charge in [-0.25, -0.2) is 4.39 Å². The van der Waals surface area contributed by atoms with Crippen LogP contribution >= 0.6 is 0 Å². The van der Waals surface area contributed by atoms with E-state index in [1.165, 1.54) is 14.2 Å².